The van der Waals surface area contributed by atoms with Crippen LogP contribution in [-0.2, 0) is 9.53 Å². The second kappa shape index (κ2) is 4.42. The fraction of sp³-hybridized carbons (Fsp3) is 0.857. The predicted octanol–water partition coefficient (Wildman–Crippen LogP) is 3.56. The number of hydrogen-bond donors (Lipinski definition) is 0. The minimum Gasteiger partial charge on any atom is -0.457 e. The summed E-state index contributed by atoms with van der Waals surface area (Å²) in [6, 6.07) is 0. The third-order valence-electron chi connectivity index (χ3n) is 1.45. The summed E-state index contributed by atoms with van der Waals surface area (Å²) in [7, 11) is 0. The molecule has 0 aromatic heterocycles. The van der Waals surface area contributed by atoms with Crippen molar-refractivity contribution in [1.82, 2.24) is 0 Å². The first kappa shape index (κ1) is 12.9. The Labute approximate surface area is 97.8 Å². The Morgan fingerprint density at radius 1 is 1.33 bits per heavy atom. The fourth-order valence-corrected chi connectivity index (χ4v) is 0.624. The number of carbonyl (C=O) groups excluding carboxylic acids is 1. The van der Waals surface area contributed by atoms with E-state index in [1.165, 1.54) is 0 Å². The van der Waals surface area contributed by atoms with Crippen LogP contribution in [0, 0.1) is 0 Å². The highest BCUT2D eigenvalue weighted by atomic mass is 80.0. The van der Waals surface area contributed by atoms with Gasteiger partial charge in [0, 0.05) is 0 Å². The lowest BCUT2D eigenvalue weighted by Gasteiger charge is -2.25. The highest BCUT2D eigenvalue weighted by Gasteiger charge is 2.34. The smallest absolute Gasteiger partial charge is 0.345 e. The van der Waals surface area contributed by atoms with Crippen molar-refractivity contribution in [3.8, 4) is 0 Å². The molecule has 0 heterocycles. The minimum absolute atomic E-state index is 0.380. The molecule has 72 valence electrons. The van der Waals surface area contributed by atoms with Gasteiger partial charge in [0.05, 0.1) is 0 Å². The van der Waals surface area contributed by atoms with Crippen LogP contribution in [0.3, 0.4) is 0 Å². The summed E-state index contributed by atoms with van der Waals surface area (Å²) in [5.41, 5.74) is -0.419. The molecule has 0 aliphatic heterocycles. The molecule has 0 rings (SSSR count). The van der Waals surface area contributed by atoms with Gasteiger partial charge in [-0.2, -0.15) is 0 Å². The van der Waals surface area contributed by atoms with E-state index in [0.29, 0.717) is 0 Å². The summed E-state index contributed by atoms with van der Waals surface area (Å²) >= 11 is 9.25. The fourth-order valence-electron chi connectivity index (χ4n) is 0.381. The van der Waals surface area contributed by atoms with E-state index in [0.717, 1.165) is 6.42 Å². The van der Waals surface area contributed by atoms with Gasteiger partial charge in [0.15, 0.2) is 0 Å². The molecule has 0 aromatic rings. The molecule has 0 aliphatic carbocycles. The van der Waals surface area contributed by atoms with Crippen LogP contribution in [0.2, 0.25) is 0 Å². The standard InChI is InChI=1S/C7H11Br3O2/c1-4-6(2,3)12-5(11)7(8,9)10/h4H2,1-3H3. The van der Waals surface area contributed by atoms with Gasteiger partial charge in [-0.3, -0.25) is 0 Å². The molecular formula is C7H11Br3O2. The van der Waals surface area contributed by atoms with E-state index in [1.54, 1.807) is 0 Å². The van der Waals surface area contributed by atoms with Crippen molar-refractivity contribution in [2.45, 2.75) is 34.9 Å². The zero-order valence-electron chi connectivity index (χ0n) is 7.16. The zero-order valence-corrected chi connectivity index (χ0v) is 11.9. The van der Waals surface area contributed by atoms with Crippen LogP contribution in [0.25, 0.3) is 0 Å². The van der Waals surface area contributed by atoms with Crippen LogP contribution < -0.4 is 0 Å². The van der Waals surface area contributed by atoms with Crippen molar-refractivity contribution in [2.24, 2.45) is 0 Å². The average Bonchev–Trinajstić information content (AvgIpc) is 1.85. The molecule has 5 heteroatoms. The number of alkyl halides is 3. The summed E-state index contributed by atoms with van der Waals surface area (Å²) in [6.45, 7) is 5.69. The van der Waals surface area contributed by atoms with Gasteiger partial charge in [0.1, 0.15) is 5.60 Å². The third kappa shape index (κ3) is 4.82. The van der Waals surface area contributed by atoms with Crippen molar-refractivity contribution in [1.29, 1.82) is 0 Å². The first-order chi connectivity index (χ1) is 5.19. The lowest BCUT2D eigenvalue weighted by molar-refractivity contribution is -0.154. The van der Waals surface area contributed by atoms with Gasteiger partial charge in [-0.15, -0.1) is 0 Å². The second-order valence-electron chi connectivity index (χ2n) is 3.00. The molecular weight excluding hydrogens is 356 g/mol. The molecule has 0 fully saturated rings. The summed E-state index contributed by atoms with van der Waals surface area (Å²) in [6.07, 6.45) is 0.780. The molecule has 0 spiro atoms. The monoisotopic (exact) mass is 364 g/mol. The quantitative estimate of drug-likeness (QED) is 0.551. The van der Waals surface area contributed by atoms with E-state index in [-0.39, 0.29) is 5.97 Å². The maximum Gasteiger partial charge on any atom is 0.345 e. The van der Waals surface area contributed by atoms with E-state index in [1.807, 2.05) is 20.8 Å². The lowest BCUT2D eigenvalue weighted by Crippen LogP contribution is -2.32. The highest BCUT2D eigenvalue weighted by molar-refractivity contribution is 9.40. The molecule has 0 aliphatic rings. The summed E-state index contributed by atoms with van der Waals surface area (Å²) < 4.78 is 4.21. The normalized spacial score (nSPS) is 12.8. The molecule has 0 aromatic carbocycles. The van der Waals surface area contributed by atoms with Gasteiger partial charge < -0.3 is 4.74 Å². The molecule has 2 nitrogen and oxygen atoms in total. The number of halogens is 3. The van der Waals surface area contributed by atoms with E-state index >= 15 is 0 Å². The predicted molar refractivity (Wildman–Crippen MR) is 60.0 cm³/mol. The van der Waals surface area contributed by atoms with Crippen LogP contribution in [0.1, 0.15) is 27.2 Å². The van der Waals surface area contributed by atoms with Crippen molar-refractivity contribution in [3.05, 3.63) is 0 Å². The van der Waals surface area contributed by atoms with Gasteiger partial charge in [0.25, 0.3) is 0 Å². The molecule has 0 bridgehead atoms. The van der Waals surface area contributed by atoms with Crippen molar-refractivity contribution >= 4 is 53.8 Å². The Morgan fingerprint density at radius 3 is 2.00 bits per heavy atom. The second-order valence-corrected chi connectivity index (χ2v) is 9.76. The maximum atomic E-state index is 11.3. The van der Waals surface area contributed by atoms with E-state index in [9.17, 15) is 4.79 Å². The number of ether oxygens (including phenoxy) is 1. The van der Waals surface area contributed by atoms with Crippen molar-refractivity contribution < 1.29 is 9.53 Å². The Bertz CT molecular complexity index is 172. The Kier molecular flexibility index (Phi) is 4.75. The topological polar surface area (TPSA) is 26.3 Å². The Morgan fingerprint density at radius 2 is 1.75 bits per heavy atom. The molecule has 0 saturated heterocycles. The first-order valence-corrected chi connectivity index (χ1v) is 5.87. The highest BCUT2D eigenvalue weighted by Crippen LogP contribution is 2.36. The molecule has 0 atom stereocenters. The van der Waals surface area contributed by atoms with Crippen LogP contribution >= 0.6 is 47.8 Å². The molecule has 0 unspecified atom stereocenters. The van der Waals surface area contributed by atoms with Crippen LogP contribution in [-0.4, -0.2) is 13.7 Å². The SMILES string of the molecule is CCC(C)(C)OC(=O)C(Br)(Br)Br. The molecule has 0 radical (unpaired) electrons. The molecule has 0 N–H and O–H groups in total. The van der Waals surface area contributed by atoms with Gasteiger partial charge in [-0.25, -0.2) is 4.79 Å². The number of carbonyl (C=O) groups is 1. The summed E-state index contributed by atoms with van der Waals surface area (Å²) in [5, 5.41) is 0. The zero-order chi connectivity index (χ0) is 9.99. The van der Waals surface area contributed by atoms with E-state index in [2.05, 4.69) is 47.8 Å². The van der Waals surface area contributed by atoms with Crippen LogP contribution in [0.5, 0.6) is 0 Å². The van der Waals surface area contributed by atoms with Crippen molar-refractivity contribution in [2.75, 3.05) is 0 Å². The largest absolute Gasteiger partial charge is 0.457 e. The number of esters is 1. The van der Waals surface area contributed by atoms with Gasteiger partial charge in [-0.1, -0.05) is 6.92 Å². The van der Waals surface area contributed by atoms with E-state index in [4.69, 9.17) is 4.74 Å². The van der Waals surface area contributed by atoms with Gasteiger partial charge in [0.2, 0.25) is 2.14 Å². The Hall–Kier alpha value is 0.910. The Balaban J connectivity index is 4.20. The van der Waals surface area contributed by atoms with Crippen LogP contribution in [0.15, 0.2) is 0 Å². The van der Waals surface area contributed by atoms with Crippen LogP contribution in [0.4, 0.5) is 0 Å². The van der Waals surface area contributed by atoms with Gasteiger partial charge in [-0.05, 0) is 68.1 Å². The average molecular weight is 367 g/mol. The summed E-state index contributed by atoms with van der Waals surface area (Å²) in [5.74, 6) is -0.380. The molecule has 0 saturated carbocycles. The van der Waals surface area contributed by atoms with Gasteiger partial charge >= 0.3 is 5.97 Å². The number of hydrogen-bond acceptors (Lipinski definition) is 2. The third-order valence-corrected chi connectivity index (χ3v) is 2.42. The molecule has 12 heavy (non-hydrogen) atoms. The lowest BCUT2D eigenvalue weighted by atomic mass is 10.1. The maximum absolute atomic E-state index is 11.3. The van der Waals surface area contributed by atoms with Crippen molar-refractivity contribution in [3.63, 3.8) is 0 Å². The summed E-state index contributed by atoms with van der Waals surface area (Å²) in [4.78, 5) is 11.3. The first-order valence-electron chi connectivity index (χ1n) is 3.49. The van der Waals surface area contributed by atoms with E-state index < -0.39 is 7.74 Å². The minimum atomic E-state index is -0.959. The molecule has 0 amide bonds. The number of rotatable bonds is 2.